The molecule has 2 nitrogen and oxygen atoms in total. The van der Waals surface area contributed by atoms with Gasteiger partial charge in [0, 0.05) is 0 Å². The molecule has 1 aromatic rings. The Morgan fingerprint density at radius 2 is 1.27 bits per heavy atom. The van der Waals surface area contributed by atoms with Crippen LogP contribution in [0, 0.1) is 7.14 Å². The standard InChI is InChI=1S/C18H24I2O2/c19-15-11-12-16(21-13-7-3-1-4-8-13)17(20)18(15)22-14-9-5-2-6-10-14/h11-14H,1-10H2. The van der Waals surface area contributed by atoms with Crippen molar-refractivity contribution in [1.82, 2.24) is 0 Å². The van der Waals surface area contributed by atoms with Gasteiger partial charge in [-0.3, -0.25) is 0 Å². The Bertz CT molecular complexity index is 492. The fraction of sp³-hybridized carbons (Fsp3) is 0.667. The summed E-state index contributed by atoms with van der Waals surface area (Å²) in [6, 6.07) is 4.25. The lowest BCUT2D eigenvalue weighted by Gasteiger charge is -2.27. The molecule has 2 fully saturated rings. The molecule has 2 aliphatic rings. The molecular weight excluding hydrogens is 502 g/mol. The van der Waals surface area contributed by atoms with Gasteiger partial charge in [0.05, 0.1) is 19.3 Å². The van der Waals surface area contributed by atoms with Gasteiger partial charge in [0.1, 0.15) is 11.5 Å². The van der Waals surface area contributed by atoms with Crippen LogP contribution in [0.4, 0.5) is 0 Å². The third-order valence-corrected chi connectivity index (χ3v) is 6.57. The van der Waals surface area contributed by atoms with Crippen LogP contribution < -0.4 is 9.47 Å². The van der Waals surface area contributed by atoms with Crippen LogP contribution in [0.1, 0.15) is 64.2 Å². The minimum Gasteiger partial charge on any atom is -0.489 e. The van der Waals surface area contributed by atoms with E-state index in [9.17, 15) is 0 Å². The lowest BCUT2D eigenvalue weighted by Crippen LogP contribution is -2.22. The van der Waals surface area contributed by atoms with E-state index in [-0.39, 0.29) is 0 Å². The molecule has 0 spiro atoms. The monoisotopic (exact) mass is 526 g/mol. The average molecular weight is 526 g/mol. The highest BCUT2D eigenvalue weighted by Gasteiger charge is 2.22. The first-order valence-corrected chi connectivity index (χ1v) is 10.7. The van der Waals surface area contributed by atoms with E-state index in [0.29, 0.717) is 12.2 Å². The summed E-state index contributed by atoms with van der Waals surface area (Å²) in [4.78, 5) is 0. The van der Waals surface area contributed by atoms with Crippen LogP contribution in [-0.4, -0.2) is 12.2 Å². The van der Waals surface area contributed by atoms with Crippen LogP contribution in [0.25, 0.3) is 0 Å². The maximum atomic E-state index is 6.35. The SMILES string of the molecule is Ic1ccc(OC2CCCCC2)c(I)c1OC1CCCCC1. The van der Waals surface area contributed by atoms with Crippen molar-refractivity contribution in [3.05, 3.63) is 19.3 Å². The lowest BCUT2D eigenvalue weighted by molar-refractivity contribution is 0.143. The van der Waals surface area contributed by atoms with E-state index in [0.717, 1.165) is 15.1 Å². The molecule has 3 rings (SSSR count). The fourth-order valence-corrected chi connectivity index (χ4v) is 5.24. The van der Waals surface area contributed by atoms with Crippen molar-refractivity contribution in [2.75, 3.05) is 0 Å². The zero-order chi connectivity index (χ0) is 15.4. The van der Waals surface area contributed by atoms with Crippen LogP contribution in [0.3, 0.4) is 0 Å². The predicted octanol–water partition coefficient (Wildman–Crippen LogP) is 6.32. The molecule has 0 aromatic heterocycles. The number of hydrogen-bond donors (Lipinski definition) is 0. The van der Waals surface area contributed by atoms with Gasteiger partial charge in [-0.1, -0.05) is 12.8 Å². The molecule has 4 heteroatoms. The Balaban J connectivity index is 1.72. The minimum absolute atomic E-state index is 0.390. The first kappa shape index (κ1) is 17.1. The summed E-state index contributed by atoms with van der Waals surface area (Å²) < 4.78 is 15.0. The van der Waals surface area contributed by atoms with Crippen molar-refractivity contribution in [3.63, 3.8) is 0 Å². The van der Waals surface area contributed by atoms with Crippen LogP contribution >= 0.6 is 45.2 Å². The average Bonchev–Trinajstić information content (AvgIpc) is 2.56. The van der Waals surface area contributed by atoms with Gasteiger partial charge >= 0.3 is 0 Å². The largest absolute Gasteiger partial charge is 0.489 e. The second-order valence-electron chi connectivity index (χ2n) is 6.44. The van der Waals surface area contributed by atoms with Crippen molar-refractivity contribution < 1.29 is 9.47 Å². The predicted molar refractivity (Wildman–Crippen MR) is 107 cm³/mol. The highest BCUT2D eigenvalue weighted by molar-refractivity contribution is 14.1. The molecule has 0 saturated heterocycles. The fourth-order valence-electron chi connectivity index (χ4n) is 3.43. The summed E-state index contributed by atoms with van der Waals surface area (Å²) in [6.07, 6.45) is 13.5. The van der Waals surface area contributed by atoms with Gasteiger partial charge in [-0.25, -0.2) is 0 Å². The van der Waals surface area contributed by atoms with Crippen LogP contribution in [0.15, 0.2) is 12.1 Å². The zero-order valence-corrected chi connectivity index (χ0v) is 17.3. The molecule has 0 unspecified atom stereocenters. The van der Waals surface area contributed by atoms with E-state index in [1.807, 2.05) is 0 Å². The van der Waals surface area contributed by atoms with Gasteiger partial charge < -0.3 is 9.47 Å². The summed E-state index contributed by atoms with van der Waals surface area (Å²) in [5.41, 5.74) is 0. The molecule has 0 bridgehead atoms. The molecule has 22 heavy (non-hydrogen) atoms. The first-order valence-electron chi connectivity index (χ1n) is 8.55. The Labute approximate surface area is 161 Å². The molecule has 122 valence electrons. The molecule has 1 aromatic carbocycles. The van der Waals surface area contributed by atoms with Crippen molar-refractivity contribution in [2.24, 2.45) is 0 Å². The third kappa shape index (κ3) is 4.42. The van der Waals surface area contributed by atoms with E-state index in [1.54, 1.807) is 0 Å². The van der Waals surface area contributed by atoms with Crippen LogP contribution in [-0.2, 0) is 0 Å². The topological polar surface area (TPSA) is 18.5 Å². The Morgan fingerprint density at radius 3 is 1.86 bits per heavy atom. The van der Waals surface area contributed by atoms with Gasteiger partial charge in [0.15, 0.2) is 0 Å². The van der Waals surface area contributed by atoms with Crippen LogP contribution in [0.2, 0.25) is 0 Å². The summed E-state index contributed by atoms with van der Waals surface area (Å²) in [5, 5.41) is 0. The molecule has 2 saturated carbocycles. The first-order chi connectivity index (χ1) is 10.7. The molecule has 0 radical (unpaired) electrons. The van der Waals surface area contributed by atoms with Crippen molar-refractivity contribution in [2.45, 2.75) is 76.4 Å². The summed E-state index contributed by atoms with van der Waals surface area (Å²) in [5.74, 6) is 2.06. The molecule has 0 heterocycles. The number of rotatable bonds is 4. The lowest BCUT2D eigenvalue weighted by atomic mass is 9.97. The number of halogens is 2. The van der Waals surface area contributed by atoms with Gasteiger partial charge in [-0.15, -0.1) is 0 Å². The molecule has 0 aliphatic heterocycles. The van der Waals surface area contributed by atoms with Crippen molar-refractivity contribution >= 4 is 45.2 Å². The summed E-state index contributed by atoms with van der Waals surface area (Å²) >= 11 is 4.79. The molecule has 2 aliphatic carbocycles. The number of ether oxygens (including phenoxy) is 2. The Morgan fingerprint density at radius 1 is 0.727 bits per heavy atom. The second-order valence-corrected chi connectivity index (χ2v) is 8.69. The minimum atomic E-state index is 0.390. The van der Waals surface area contributed by atoms with Gasteiger partial charge in [0.25, 0.3) is 0 Å². The molecule has 0 atom stereocenters. The van der Waals surface area contributed by atoms with Gasteiger partial charge in [0.2, 0.25) is 0 Å². The van der Waals surface area contributed by atoms with Crippen LogP contribution in [0.5, 0.6) is 11.5 Å². The van der Waals surface area contributed by atoms with E-state index in [1.165, 1.54) is 67.8 Å². The number of hydrogen-bond acceptors (Lipinski definition) is 2. The maximum Gasteiger partial charge on any atom is 0.150 e. The molecule has 0 amide bonds. The molecular formula is C18H24I2O2. The maximum absolute atomic E-state index is 6.35. The van der Waals surface area contributed by atoms with Crippen molar-refractivity contribution in [3.8, 4) is 11.5 Å². The number of benzene rings is 1. The smallest absolute Gasteiger partial charge is 0.150 e. The van der Waals surface area contributed by atoms with E-state index in [2.05, 4.69) is 57.3 Å². The Hall–Kier alpha value is 0.280. The van der Waals surface area contributed by atoms with Gasteiger partial charge in [-0.05, 0) is 109 Å². The van der Waals surface area contributed by atoms with E-state index in [4.69, 9.17) is 9.47 Å². The third-order valence-electron chi connectivity index (χ3n) is 4.70. The van der Waals surface area contributed by atoms with E-state index < -0.39 is 0 Å². The van der Waals surface area contributed by atoms with Crippen molar-refractivity contribution in [1.29, 1.82) is 0 Å². The zero-order valence-electron chi connectivity index (χ0n) is 13.0. The van der Waals surface area contributed by atoms with E-state index >= 15 is 0 Å². The highest BCUT2D eigenvalue weighted by Crippen LogP contribution is 2.38. The quantitative estimate of drug-likeness (QED) is 0.428. The molecule has 0 N–H and O–H groups in total. The highest BCUT2D eigenvalue weighted by atomic mass is 127. The summed E-state index contributed by atoms with van der Waals surface area (Å²) in [6.45, 7) is 0. The summed E-state index contributed by atoms with van der Waals surface area (Å²) in [7, 11) is 0. The Kier molecular flexibility index (Phi) is 6.53. The van der Waals surface area contributed by atoms with Gasteiger partial charge in [-0.2, -0.15) is 0 Å². The normalized spacial score (nSPS) is 20.8. The second kappa shape index (κ2) is 8.40.